The number of primary amides is 1. The minimum atomic E-state index is -0.652. The van der Waals surface area contributed by atoms with Gasteiger partial charge in [-0.25, -0.2) is 0 Å². The number of ether oxygens (including phenoxy) is 3. The normalized spacial score (nSPS) is 11.4. The van der Waals surface area contributed by atoms with Gasteiger partial charge in [-0.15, -0.1) is 0 Å². The molecule has 0 saturated carbocycles. The van der Waals surface area contributed by atoms with Crippen LogP contribution >= 0.6 is 11.6 Å². The molecule has 0 radical (unpaired) electrons. The Morgan fingerprint density at radius 3 is 2.44 bits per heavy atom. The highest BCUT2D eigenvalue weighted by Crippen LogP contribution is 2.36. The van der Waals surface area contributed by atoms with Crippen molar-refractivity contribution in [2.75, 3.05) is 20.8 Å². The molecule has 0 unspecified atom stereocenters. The highest BCUT2D eigenvalue weighted by Gasteiger charge is 2.19. The zero-order chi connectivity index (χ0) is 20.0. The minimum Gasteiger partial charge on any atom is -0.496 e. The third kappa shape index (κ3) is 5.04. The number of carbonyl (C=O) groups is 2. The third-order valence-electron chi connectivity index (χ3n) is 3.80. The fourth-order valence-electron chi connectivity index (χ4n) is 2.52. The number of hydrogen-bond donors (Lipinski definition) is 2. The molecule has 7 nitrogen and oxygen atoms in total. The summed E-state index contributed by atoms with van der Waals surface area (Å²) in [5.74, 6) is 0.0397. The number of nitrogens with two attached hydrogens (primary N) is 1. The average Bonchev–Trinajstić information content (AvgIpc) is 2.65. The molecule has 0 saturated heterocycles. The van der Waals surface area contributed by atoms with Gasteiger partial charge in [0, 0.05) is 11.1 Å². The van der Waals surface area contributed by atoms with E-state index in [1.165, 1.54) is 19.2 Å². The van der Waals surface area contributed by atoms with Gasteiger partial charge in [-0.05, 0) is 25.1 Å². The van der Waals surface area contributed by atoms with Gasteiger partial charge in [-0.1, -0.05) is 29.8 Å². The molecule has 0 heterocycles. The second-order valence-corrected chi connectivity index (χ2v) is 6.09. The monoisotopic (exact) mass is 392 g/mol. The molecule has 3 N–H and O–H groups in total. The summed E-state index contributed by atoms with van der Waals surface area (Å²) < 4.78 is 15.8. The van der Waals surface area contributed by atoms with Crippen LogP contribution < -0.4 is 25.3 Å². The number of benzene rings is 2. The molecule has 2 rings (SSSR count). The summed E-state index contributed by atoms with van der Waals surface area (Å²) in [7, 11) is 2.98. The van der Waals surface area contributed by atoms with E-state index in [-0.39, 0.29) is 40.6 Å². The van der Waals surface area contributed by atoms with Crippen molar-refractivity contribution in [3.8, 4) is 17.2 Å². The van der Waals surface area contributed by atoms with Crippen molar-refractivity contribution in [2.24, 2.45) is 5.73 Å². The van der Waals surface area contributed by atoms with Crippen LogP contribution in [-0.4, -0.2) is 32.6 Å². The quantitative estimate of drug-likeness (QED) is 0.719. The number of hydrogen-bond acceptors (Lipinski definition) is 5. The smallest absolute Gasteiger partial charge is 0.255 e. The molecule has 144 valence electrons. The second-order valence-electron chi connectivity index (χ2n) is 5.68. The number of nitrogens with one attached hydrogen (secondary N) is 1. The van der Waals surface area contributed by atoms with Crippen LogP contribution in [-0.2, 0) is 4.79 Å². The Hall–Kier alpha value is -2.93. The van der Waals surface area contributed by atoms with Crippen molar-refractivity contribution < 1.29 is 23.8 Å². The molecule has 8 heteroatoms. The Labute approximate surface area is 162 Å². The first kappa shape index (κ1) is 20.4. The van der Waals surface area contributed by atoms with Gasteiger partial charge in [0.25, 0.3) is 11.8 Å². The molecule has 0 spiro atoms. The average molecular weight is 393 g/mol. The molecule has 0 aliphatic carbocycles. The minimum absolute atomic E-state index is 0.130. The van der Waals surface area contributed by atoms with Crippen molar-refractivity contribution in [1.82, 2.24) is 5.32 Å². The van der Waals surface area contributed by atoms with Crippen LogP contribution in [0.5, 0.6) is 17.2 Å². The van der Waals surface area contributed by atoms with Crippen molar-refractivity contribution in [3.63, 3.8) is 0 Å². The summed E-state index contributed by atoms with van der Waals surface area (Å²) in [6.07, 6.45) is 0. The summed E-state index contributed by atoms with van der Waals surface area (Å²) in [6, 6.07) is 10.0. The first-order chi connectivity index (χ1) is 12.9. The number of amides is 2. The van der Waals surface area contributed by atoms with Crippen LogP contribution in [0.15, 0.2) is 36.4 Å². The maximum absolute atomic E-state index is 12.6. The number of para-hydroxylation sites is 1. The van der Waals surface area contributed by atoms with E-state index < -0.39 is 5.91 Å². The van der Waals surface area contributed by atoms with Crippen LogP contribution in [0.3, 0.4) is 0 Å². The van der Waals surface area contributed by atoms with Crippen LogP contribution in [0.2, 0.25) is 5.02 Å². The standard InChI is InChI=1S/C19H21ClN2O5/c1-11(13-6-4-5-7-15(13)25-2)22-19(24)12-8-14(20)18(16(9-12)26-3)27-10-17(21)23/h4-9,11H,10H2,1-3H3,(H2,21,23)(H,22,24)/t11-/m1/s1. The number of halogens is 1. The number of methoxy groups -OCH3 is 2. The molecule has 0 fully saturated rings. The van der Waals surface area contributed by atoms with E-state index in [9.17, 15) is 9.59 Å². The predicted octanol–water partition coefficient (Wildman–Crippen LogP) is 2.71. The van der Waals surface area contributed by atoms with Gasteiger partial charge < -0.3 is 25.3 Å². The maximum atomic E-state index is 12.6. The molecular weight excluding hydrogens is 372 g/mol. The van der Waals surface area contributed by atoms with E-state index in [1.807, 2.05) is 31.2 Å². The number of rotatable bonds is 8. The van der Waals surface area contributed by atoms with Crippen LogP contribution in [0.1, 0.15) is 28.9 Å². The predicted molar refractivity (Wildman–Crippen MR) is 102 cm³/mol. The fourth-order valence-corrected chi connectivity index (χ4v) is 2.78. The van der Waals surface area contributed by atoms with E-state index in [0.717, 1.165) is 5.56 Å². The Morgan fingerprint density at radius 1 is 1.15 bits per heavy atom. The second kappa shape index (κ2) is 9.14. The first-order valence-electron chi connectivity index (χ1n) is 8.09. The van der Waals surface area contributed by atoms with Crippen LogP contribution in [0, 0.1) is 0 Å². The highest BCUT2D eigenvalue weighted by molar-refractivity contribution is 6.32. The lowest BCUT2D eigenvalue weighted by Crippen LogP contribution is -2.27. The van der Waals surface area contributed by atoms with Gasteiger partial charge in [0.15, 0.2) is 18.1 Å². The summed E-state index contributed by atoms with van der Waals surface area (Å²) in [5.41, 5.74) is 6.19. The molecule has 0 bridgehead atoms. The molecule has 2 aromatic carbocycles. The van der Waals surface area contributed by atoms with Gasteiger partial charge in [0.05, 0.1) is 25.3 Å². The molecular formula is C19H21ClN2O5. The van der Waals surface area contributed by atoms with Crippen molar-refractivity contribution in [3.05, 3.63) is 52.5 Å². The summed E-state index contributed by atoms with van der Waals surface area (Å²) >= 11 is 6.18. The van der Waals surface area contributed by atoms with Crippen LogP contribution in [0.25, 0.3) is 0 Å². The van der Waals surface area contributed by atoms with Gasteiger partial charge >= 0.3 is 0 Å². The lowest BCUT2D eigenvalue weighted by atomic mass is 10.1. The van der Waals surface area contributed by atoms with Gasteiger partial charge in [-0.3, -0.25) is 9.59 Å². The Kier molecular flexibility index (Phi) is 6.90. The van der Waals surface area contributed by atoms with E-state index in [0.29, 0.717) is 5.75 Å². The van der Waals surface area contributed by atoms with Crippen LogP contribution in [0.4, 0.5) is 0 Å². The first-order valence-corrected chi connectivity index (χ1v) is 8.47. The maximum Gasteiger partial charge on any atom is 0.255 e. The molecule has 0 aliphatic rings. The lowest BCUT2D eigenvalue weighted by molar-refractivity contribution is -0.119. The topological polar surface area (TPSA) is 99.9 Å². The highest BCUT2D eigenvalue weighted by atomic mass is 35.5. The summed E-state index contributed by atoms with van der Waals surface area (Å²) in [5, 5.41) is 3.02. The van der Waals surface area contributed by atoms with Crippen molar-refractivity contribution in [1.29, 1.82) is 0 Å². The van der Waals surface area contributed by atoms with E-state index in [4.69, 9.17) is 31.5 Å². The number of carbonyl (C=O) groups excluding carboxylic acids is 2. The Balaban J connectivity index is 2.23. The zero-order valence-electron chi connectivity index (χ0n) is 15.2. The van der Waals surface area contributed by atoms with Crippen molar-refractivity contribution >= 4 is 23.4 Å². The van der Waals surface area contributed by atoms with Crippen molar-refractivity contribution in [2.45, 2.75) is 13.0 Å². The lowest BCUT2D eigenvalue weighted by Gasteiger charge is -2.18. The zero-order valence-corrected chi connectivity index (χ0v) is 16.0. The van der Waals surface area contributed by atoms with Gasteiger partial charge in [0.2, 0.25) is 0 Å². The third-order valence-corrected chi connectivity index (χ3v) is 4.08. The Morgan fingerprint density at radius 2 is 1.81 bits per heavy atom. The van der Waals surface area contributed by atoms with E-state index >= 15 is 0 Å². The molecule has 2 amide bonds. The Bertz CT molecular complexity index is 841. The van der Waals surface area contributed by atoms with Gasteiger partial charge in [-0.2, -0.15) is 0 Å². The molecule has 0 aliphatic heterocycles. The SMILES string of the molecule is COc1ccccc1[C@@H](C)NC(=O)c1cc(Cl)c(OCC(N)=O)c(OC)c1. The molecule has 2 aromatic rings. The molecule has 27 heavy (non-hydrogen) atoms. The van der Waals surface area contributed by atoms with Gasteiger partial charge in [0.1, 0.15) is 5.75 Å². The molecule has 0 aromatic heterocycles. The van der Waals surface area contributed by atoms with E-state index in [1.54, 1.807) is 7.11 Å². The fraction of sp³-hybridized carbons (Fsp3) is 0.263. The summed E-state index contributed by atoms with van der Waals surface area (Å²) in [6.45, 7) is 1.49. The molecule has 1 atom stereocenters. The largest absolute Gasteiger partial charge is 0.496 e. The van der Waals surface area contributed by atoms with E-state index in [2.05, 4.69) is 5.32 Å². The summed E-state index contributed by atoms with van der Waals surface area (Å²) in [4.78, 5) is 23.6.